The fraction of sp³-hybridized carbons (Fsp3) is 0.0870. The van der Waals surface area contributed by atoms with Crippen LogP contribution in [0, 0.1) is 0 Å². The molecule has 4 rings (SSSR count). The highest BCUT2D eigenvalue weighted by molar-refractivity contribution is 6.02. The molecular weight excluding hydrogens is 494 g/mol. The Balaban J connectivity index is 1.50. The van der Waals surface area contributed by atoms with Crippen molar-refractivity contribution in [3.8, 4) is 11.1 Å². The average molecular weight is 508 g/mol. The van der Waals surface area contributed by atoms with Crippen LogP contribution in [0.1, 0.15) is 21.6 Å². The molecule has 0 aliphatic heterocycles. The zero-order valence-corrected chi connectivity index (χ0v) is 17.8. The van der Waals surface area contributed by atoms with Crippen molar-refractivity contribution in [1.29, 1.82) is 0 Å². The maximum atomic E-state index is 13.0. The molecule has 0 aliphatic carbocycles. The lowest BCUT2D eigenvalue weighted by Crippen LogP contribution is -2.20. The fourth-order valence-electron chi connectivity index (χ4n) is 3.43. The van der Waals surface area contributed by atoms with Gasteiger partial charge >= 0.3 is 24.4 Å². The zero-order chi connectivity index (χ0) is 26.3. The number of urea groups is 1. The molecule has 186 valence electrons. The Labute approximate surface area is 197 Å². The third kappa shape index (κ3) is 5.24. The number of anilines is 2. The molecule has 0 fully saturated rings. The summed E-state index contributed by atoms with van der Waals surface area (Å²) in [5, 5.41) is 20.2. The minimum Gasteiger partial charge on any atom is -0.476 e. The normalized spacial score (nSPS) is 11.9. The molecule has 0 atom stereocenters. The van der Waals surface area contributed by atoms with E-state index in [9.17, 15) is 35.9 Å². The molecule has 36 heavy (non-hydrogen) atoms. The molecule has 0 radical (unpaired) electrons. The first kappa shape index (κ1) is 24.6. The number of aromatic amines is 1. The smallest absolute Gasteiger partial charge is 0.416 e. The summed E-state index contributed by atoms with van der Waals surface area (Å²) >= 11 is 0. The number of carboxylic acid groups (broad SMARTS) is 1. The van der Waals surface area contributed by atoms with Crippen molar-refractivity contribution in [2.75, 3.05) is 10.6 Å². The standard InChI is InChI=1S/C23H14F6N4O3/c24-22(25,26)13-8-14(23(27,28)29)10-16(9-13)31-21(36)30-15-4-1-11(2-5-15)12-3-6-17-18(7-12)32-33-19(17)20(34)35/h1-10H,(H,32,33)(H,34,35)(H2,30,31,36). The number of hydrogen-bond donors (Lipinski definition) is 4. The first-order chi connectivity index (χ1) is 16.8. The molecule has 4 aromatic rings. The molecule has 0 unspecified atom stereocenters. The van der Waals surface area contributed by atoms with E-state index in [1.165, 1.54) is 12.1 Å². The predicted octanol–water partition coefficient (Wildman–Crippen LogP) is 6.61. The van der Waals surface area contributed by atoms with Gasteiger partial charge in [-0.15, -0.1) is 0 Å². The molecule has 4 N–H and O–H groups in total. The van der Waals surface area contributed by atoms with E-state index in [1.807, 2.05) is 5.32 Å². The van der Waals surface area contributed by atoms with E-state index in [1.54, 1.807) is 30.3 Å². The van der Waals surface area contributed by atoms with Gasteiger partial charge in [0.25, 0.3) is 0 Å². The number of carbonyl (C=O) groups excluding carboxylic acids is 1. The van der Waals surface area contributed by atoms with Crippen molar-refractivity contribution in [1.82, 2.24) is 10.2 Å². The van der Waals surface area contributed by atoms with Gasteiger partial charge in [0.1, 0.15) is 0 Å². The first-order valence-electron chi connectivity index (χ1n) is 10.0. The third-order valence-corrected chi connectivity index (χ3v) is 5.09. The highest BCUT2D eigenvalue weighted by Crippen LogP contribution is 2.37. The van der Waals surface area contributed by atoms with Crippen LogP contribution in [0.5, 0.6) is 0 Å². The molecule has 7 nitrogen and oxygen atoms in total. The van der Waals surface area contributed by atoms with E-state index in [-0.39, 0.29) is 17.4 Å². The molecule has 0 saturated carbocycles. The molecule has 1 aromatic heterocycles. The van der Waals surface area contributed by atoms with Gasteiger partial charge in [-0.25, -0.2) is 9.59 Å². The van der Waals surface area contributed by atoms with Crippen LogP contribution in [0.3, 0.4) is 0 Å². The number of rotatable bonds is 4. The number of halogens is 6. The van der Waals surface area contributed by atoms with Gasteiger partial charge in [0.15, 0.2) is 5.69 Å². The molecule has 1 heterocycles. The van der Waals surface area contributed by atoms with Crippen LogP contribution in [0.2, 0.25) is 0 Å². The highest BCUT2D eigenvalue weighted by Gasteiger charge is 2.37. The van der Waals surface area contributed by atoms with Crippen LogP contribution in [0.15, 0.2) is 60.7 Å². The summed E-state index contributed by atoms with van der Waals surface area (Å²) in [6.45, 7) is 0. The topological polar surface area (TPSA) is 107 Å². The lowest BCUT2D eigenvalue weighted by molar-refractivity contribution is -0.143. The largest absolute Gasteiger partial charge is 0.476 e. The van der Waals surface area contributed by atoms with E-state index < -0.39 is 41.2 Å². The summed E-state index contributed by atoms with van der Waals surface area (Å²) in [6, 6.07) is 10.8. The van der Waals surface area contributed by atoms with Gasteiger partial charge in [-0.2, -0.15) is 31.4 Å². The zero-order valence-electron chi connectivity index (χ0n) is 17.8. The second kappa shape index (κ2) is 8.91. The van der Waals surface area contributed by atoms with E-state index in [4.69, 9.17) is 5.11 Å². The summed E-state index contributed by atoms with van der Waals surface area (Å²) in [5.74, 6) is -1.18. The number of carboxylic acids is 1. The Morgan fingerprint density at radius 3 is 1.86 bits per heavy atom. The quantitative estimate of drug-likeness (QED) is 0.233. The summed E-state index contributed by atoms with van der Waals surface area (Å²) in [4.78, 5) is 23.4. The summed E-state index contributed by atoms with van der Waals surface area (Å²) in [6.07, 6.45) is -10.1. The van der Waals surface area contributed by atoms with Crippen molar-refractivity contribution < 1.29 is 41.0 Å². The molecular formula is C23H14F6N4O3. The van der Waals surface area contributed by atoms with Gasteiger partial charge in [-0.1, -0.05) is 18.2 Å². The number of benzene rings is 3. The van der Waals surface area contributed by atoms with Gasteiger partial charge in [-0.05, 0) is 53.6 Å². The fourth-order valence-corrected chi connectivity index (χ4v) is 3.43. The van der Waals surface area contributed by atoms with Gasteiger partial charge in [-0.3, -0.25) is 5.10 Å². The molecule has 0 spiro atoms. The van der Waals surface area contributed by atoms with Crippen LogP contribution >= 0.6 is 0 Å². The van der Waals surface area contributed by atoms with Gasteiger partial charge in [0, 0.05) is 16.8 Å². The first-order valence-corrected chi connectivity index (χ1v) is 10.0. The van der Waals surface area contributed by atoms with Crippen molar-refractivity contribution in [2.45, 2.75) is 12.4 Å². The SMILES string of the molecule is O=C(Nc1ccc(-c2ccc3c(C(=O)O)n[nH]c3c2)cc1)Nc1cc(C(F)(F)F)cc(C(F)(F)F)c1. The van der Waals surface area contributed by atoms with Crippen LogP contribution in [-0.4, -0.2) is 27.3 Å². The maximum Gasteiger partial charge on any atom is 0.416 e. The van der Waals surface area contributed by atoms with E-state index in [0.717, 1.165) is 0 Å². The average Bonchev–Trinajstić information content (AvgIpc) is 3.22. The van der Waals surface area contributed by atoms with Crippen LogP contribution in [0.25, 0.3) is 22.0 Å². The Kier molecular flexibility index (Phi) is 6.08. The van der Waals surface area contributed by atoms with Gasteiger partial charge in [0.05, 0.1) is 16.6 Å². The Bertz CT molecular complexity index is 1430. The number of nitrogens with one attached hydrogen (secondary N) is 3. The summed E-state index contributed by atoms with van der Waals surface area (Å²) in [7, 11) is 0. The van der Waals surface area contributed by atoms with Crippen molar-refractivity contribution >= 4 is 34.3 Å². The number of amides is 2. The van der Waals surface area contributed by atoms with E-state index in [0.29, 0.717) is 34.2 Å². The van der Waals surface area contributed by atoms with Gasteiger partial charge < -0.3 is 15.7 Å². The lowest BCUT2D eigenvalue weighted by atomic mass is 10.0. The number of carbonyl (C=O) groups is 2. The number of aromatic carboxylic acids is 1. The highest BCUT2D eigenvalue weighted by atomic mass is 19.4. The van der Waals surface area contributed by atoms with Crippen LogP contribution < -0.4 is 10.6 Å². The van der Waals surface area contributed by atoms with Crippen molar-refractivity contribution in [3.05, 3.63) is 77.5 Å². The predicted molar refractivity (Wildman–Crippen MR) is 118 cm³/mol. The van der Waals surface area contributed by atoms with Crippen LogP contribution in [0.4, 0.5) is 42.5 Å². The summed E-state index contributed by atoms with van der Waals surface area (Å²) < 4.78 is 78.0. The second-order valence-corrected chi connectivity index (χ2v) is 7.59. The number of nitrogens with zero attached hydrogens (tertiary/aromatic N) is 1. The number of aromatic nitrogens is 2. The second-order valence-electron chi connectivity index (χ2n) is 7.59. The molecule has 3 aromatic carbocycles. The van der Waals surface area contributed by atoms with Crippen molar-refractivity contribution in [2.24, 2.45) is 0 Å². The Hall–Kier alpha value is -4.55. The molecule has 0 bridgehead atoms. The van der Waals surface area contributed by atoms with Gasteiger partial charge in [0.2, 0.25) is 0 Å². The van der Waals surface area contributed by atoms with Crippen molar-refractivity contribution in [3.63, 3.8) is 0 Å². The molecule has 2 amide bonds. The Morgan fingerprint density at radius 2 is 1.31 bits per heavy atom. The monoisotopic (exact) mass is 508 g/mol. The number of alkyl halides is 6. The lowest BCUT2D eigenvalue weighted by Gasteiger charge is -2.15. The minimum atomic E-state index is -5.04. The van der Waals surface area contributed by atoms with E-state index >= 15 is 0 Å². The molecule has 13 heteroatoms. The third-order valence-electron chi connectivity index (χ3n) is 5.09. The van der Waals surface area contributed by atoms with E-state index in [2.05, 4.69) is 15.5 Å². The molecule has 0 saturated heterocycles. The number of H-pyrrole nitrogens is 1. The Morgan fingerprint density at radius 1 is 0.750 bits per heavy atom. The minimum absolute atomic E-state index is 0.0368. The molecule has 0 aliphatic rings. The number of fused-ring (bicyclic) bond motifs is 1. The number of hydrogen-bond acceptors (Lipinski definition) is 3. The maximum absolute atomic E-state index is 13.0. The van der Waals surface area contributed by atoms with Crippen LogP contribution in [-0.2, 0) is 12.4 Å². The summed E-state index contributed by atoms with van der Waals surface area (Å²) in [5.41, 5.74) is -1.82.